The molecule has 0 atom stereocenters. The maximum atomic E-state index is 8.96. The Morgan fingerprint density at radius 2 is 2.05 bits per heavy atom. The first-order valence-corrected chi connectivity index (χ1v) is 7.78. The molecule has 0 bridgehead atoms. The van der Waals surface area contributed by atoms with Gasteiger partial charge < -0.3 is 10.4 Å². The summed E-state index contributed by atoms with van der Waals surface area (Å²) in [5.74, 6) is 0.894. The second-order valence-electron chi connectivity index (χ2n) is 4.57. The lowest BCUT2D eigenvalue weighted by atomic mass is 10.2. The smallest absolute Gasteiger partial charge is 0.105 e. The van der Waals surface area contributed by atoms with Gasteiger partial charge in [0.25, 0.3) is 0 Å². The predicted octanol–water partition coefficient (Wildman–Crippen LogP) is 2.37. The van der Waals surface area contributed by atoms with Gasteiger partial charge in [-0.15, -0.1) is 11.8 Å². The van der Waals surface area contributed by atoms with Crippen LogP contribution in [0.3, 0.4) is 0 Å². The van der Waals surface area contributed by atoms with Crippen LogP contribution in [0.5, 0.6) is 0 Å². The lowest BCUT2D eigenvalue weighted by Crippen LogP contribution is -2.07. The van der Waals surface area contributed by atoms with Gasteiger partial charge in [-0.1, -0.05) is 18.2 Å². The molecule has 0 radical (unpaired) electrons. The molecule has 0 unspecified atom stereocenters. The molecule has 2 aromatic rings. The second kappa shape index (κ2) is 7.47. The Bertz CT molecular complexity index is 540. The first-order valence-electron chi connectivity index (χ1n) is 6.80. The molecule has 0 spiro atoms. The lowest BCUT2D eigenvalue weighted by Gasteiger charge is -2.09. The van der Waals surface area contributed by atoms with Crippen molar-refractivity contribution in [2.45, 2.75) is 24.9 Å². The summed E-state index contributed by atoms with van der Waals surface area (Å²) < 4.78 is 2.00. The Morgan fingerprint density at radius 1 is 1.30 bits per heavy atom. The molecule has 0 fully saturated rings. The molecule has 108 valence electrons. The molecule has 2 rings (SSSR count). The maximum absolute atomic E-state index is 8.96. The van der Waals surface area contributed by atoms with E-state index in [1.54, 1.807) is 11.8 Å². The normalized spacial score (nSPS) is 10.9. The van der Waals surface area contributed by atoms with Crippen molar-refractivity contribution < 1.29 is 5.11 Å². The number of para-hydroxylation sites is 1. The molecule has 2 N–H and O–H groups in total. The van der Waals surface area contributed by atoms with Gasteiger partial charge in [0.1, 0.15) is 5.03 Å². The van der Waals surface area contributed by atoms with Crippen LogP contribution in [0.4, 0.5) is 0 Å². The molecule has 0 aliphatic heterocycles. The first kappa shape index (κ1) is 15.1. The van der Waals surface area contributed by atoms with Gasteiger partial charge in [-0.25, -0.2) is 4.68 Å². The van der Waals surface area contributed by atoms with Crippen molar-refractivity contribution in [1.29, 1.82) is 0 Å². The molecule has 0 saturated heterocycles. The number of aromatic nitrogens is 2. The largest absolute Gasteiger partial charge is 0.396 e. The minimum Gasteiger partial charge on any atom is -0.396 e. The highest BCUT2D eigenvalue weighted by Crippen LogP contribution is 2.28. The third-order valence-corrected chi connectivity index (χ3v) is 4.22. The van der Waals surface area contributed by atoms with Crippen LogP contribution >= 0.6 is 11.8 Å². The summed E-state index contributed by atoms with van der Waals surface area (Å²) in [6.07, 6.45) is 0.794. The van der Waals surface area contributed by atoms with Crippen molar-refractivity contribution in [3.05, 3.63) is 41.6 Å². The summed E-state index contributed by atoms with van der Waals surface area (Å²) in [5.41, 5.74) is 3.36. The van der Waals surface area contributed by atoms with Gasteiger partial charge in [-0.05, 0) is 32.5 Å². The zero-order chi connectivity index (χ0) is 14.4. The summed E-state index contributed by atoms with van der Waals surface area (Å²) in [7, 11) is 1.95. The van der Waals surface area contributed by atoms with E-state index in [4.69, 9.17) is 5.11 Å². The first-order chi connectivity index (χ1) is 9.77. The molecular formula is C15H21N3OS. The summed E-state index contributed by atoms with van der Waals surface area (Å²) in [6.45, 7) is 3.08. The average molecular weight is 291 g/mol. The van der Waals surface area contributed by atoms with E-state index in [1.165, 1.54) is 5.56 Å². The Kier molecular flexibility index (Phi) is 5.64. The summed E-state index contributed by atoms with van der Waals surface area (Å²) >= 11 is 1.75. The second-order valence-corrected chi connectivity index (χ2v) is 5.66. The van der Waals surface area contributed by atoms with Crippen LogP contribution in [0.15, 0.2) is 35.4 Å². The minimum atomic E-state index is 0.229. The molecule has 0 saturated carbocycles. The van der Waals surface area contributed by atoms with Gasteiger partial charge in [0.15, 0.2) is 0 Å². The number of rotatable bonds is 7. The van der Waals surface area contributed by atoms with Crippen LogP contribution in [0.2, 0.25) is 0 Å². The molecular weight excluding hydrogens is 270 g/mol. The Labute approximate surface area is 124 Å². The molecule has 5 heteroatoms. The van der Waals surface area contributed by atoms with Crippen LogP contribution in [-0.2, 0) is 6.54 Å². The van der Waals surface area contributed by atoms with Crippen molar-refractivity contribution in [1.82, 2.24) is 15.1 Å². The van der Waals surface area contributed by atoms with E-state index in [0.29, 0.717) is 0 Å². The number of hydrogen-bond donors (Lipinski definition) is 2. The minimum absolute atomic E-state index is 0.229. The summed E-state index contributed by atoms with van der Waals surface area (Å²) in [5, 5.41) is 18.0. The highest BCUT2D eigenvalue weighted by molar-refractivity contribution is 7.99. The Morgan fingerprint density at radius 3 is 2.70 bits per heavy atom. The predicted molar refractivity (Wildman–Crippen MR) is 83.5 cm³/mol. The molecule has 4 nitrogen and oxygen atoms in total. The van der Waals surface area contributed by atoms with Gasteiger partial charge in [0.2, 0.25) is 0 Å². The highest BCUT2D eigenvalue weighted by Gasteiger charge is 2.16. The van der Waals surface area contributed by atoms with Crippen LogP contribution in [-0.4, -0.2) is 34.3 Å². The van der Waals surface area contributed by atoms with Gasteiger partial charge >= 0.3 is 0 Å². The van der Waals surface area contributed by atoms with Crippen molar-refractivity contribution in [2.24, 2.45) is 0 Å². The van der Waals surface area contributed by atoms with Crippen molar-refractivity contribution >= 4 is 11.8 Å². The summed E-state index contributed by atoms with van der Waals surface area (Å²) in [6, 6.07) is 10.2. The Hall–Kier alpha value is -1.30. The Balaban J connectivity index is 2.37. The standard InChI is InChI=1S/C15H21N3OS/c1-12-14(11-16-2)15(20-10-6-9-19)18(17-12)13-7-4-3-5-8-13/h3-5,7-8,16,19H,6,9-11H2,1-2H3. The third-order valence-electron chi connectivity index (χ3n) is 3.03. The number of hydrogen-bond acceptors (Lipinski definition) is 4. The van der Waals surface area contributed by atoms with E-state index in [2.05, 4.69) is 22.5 Å². The number of aryl methyl sites for hydroxylation is 1. The summed E-state index contributed by atoms with van der Waals surface area (Å²) in [4.78, 5) is 0. The highest BCUT2D eigenvalue weighted by atomic mass is 32.2. The third kappa shape index (κ3) is 3.42. The van der Waals surface area contributed by atoms with E-state index in [-0.39, 0.29) is 6.61 Å². The van der Waals surface area contributed by atoms with Crippen molar-refractivity contribution in [2.75, 3.05) is 19.4 Å². The van der Waals surface area contributed by atoms with Gasteiger partial charge in [0.05, 0.1) is 11.4 Å². The molecule has 0 aliphatic rings. The fourth-order valence-electron chi connectivity index (χ4n) is 2.04. The fraction of sp³-hybridized carbons (Fsp3) is 0.400. The SMILES string of the molecule is CNCc1c(C)nn(-c2ccccc2)c1SCCCO. The van der Waals surface area contributed by atoms with Gasteiger partial charge in [-0.3, -0.25) is 0 Å². The van der Waals surface area contributed by atoms with Crippen LogP contribution in [0.1, 0.15) is 17.7 Å². The van der Waals surface area contributed by atoms with Crippen molar-refractivity contribution in [3.63, 3.8) is 0 Å². The lowest BCUT2D eigenvalue weighted by molar-refractivity contribution is 0.296. The monoisotopic (exact) mass is 291 g/mol. The number of benzene rings is 1. The molecule has 0 aliphatic carbocycles. The number of aliphatic hydroxyl groups excluding tert-OH is 1. The number of thioether (sulfide) groups is 1. The van der Waals surface area contributed by atoms with Crippen LogP contribution in [0.25, 0.3) is 5.69 Å². The number of nitrogens with one attached hydrogen (secondary N) is 1. The molecule has 1 heterocycles. The van der Waals surface area contributed by atoms with Crippen molar-refractivity contribution in [3.8, 4) is 5.69 Å². The quantitative estimate of drug-likeness (QED) is 0.607. The molecule has 0 amide bonds. The number of nitrogens with zero attached hydrogens (tertiary/aromatic N) is 2. The van der Waals surface area contributed by atoms with E-state index >= 15 is 0 Å². The number of aliphatic hydroxyl groups is 1. The van der Waals surface area contributed by atoms with Gasteiger partial charge in [0, 0.05) is 24.5 Å². The average Bonchev–Trinajstić information content (AvgIpc) is 2.78. The van der Waals surface area contributed by atoms with E-state index in [0.717, 1.165) is 35.1 Å². The van der Waals surface area contributed by atoms with Gasteiger partial charge in [-0.2, -0.15) is 5.10 Å². The zero-order valence-corrected chi connectivity index (χ0v) is 12.8. The fourth-order valence-corrected chi connectivity index (χ4v) is 3.17. The van der Waals surface area contributed by atoms with Crippen LogP contribution in [0, 0.1) is 6.92 Å². The topological polar surface area (TPSA) is 50.1 Å². The van der Waals surface area contributed by atoms with E-state index < -0.39 is 0 Å². The van der Waals surface area contributed by atoms with E-state index in [9.17, 15) is 0 Å². The molecule has 1 aromatic carbocycles. The maximum Gasteiger partial charge on any atom is 0.105 e. The zero-order valence-electron chi connectivity index (χ0n) is 12.0. The van der Waals surface area contributed by atoms with E-state index in [1.807, 2.05) is 36.9 Å². The molecule has 20 heavy (non-hydrogen) atoms. The van der Waals surface area contributed by atoms with Crippen LogP contribution < -0.4 is 5.32 Å². The molecule has 1 aromatic heterocycles.